The molecule has 1 fully saturated rings. The lowest BCUT2D eigenvalue weighted by Crippen LogP contribution is -2.27. The fraction of sp³-hybridized carbons (Fsp3) is 0.167. The Morgan fingerprint density at radius 3 is 2.65 bits per heavy atom. The molecule has 1 aromatic rings. The quantitative estimate of drug-likeness (QED) is 0.771. The molecule has 0 unspecified atom stereocenters. The number of hydrogen-bond donors (Lipinski definition) is 0. The van der Waals surface area contributed by atoms with Gasteiger partial charge in [-0.2, -0.15) is 0 Å². The number of rotatable bonds is 2. The molecule has 2 amide bonds. The molecule has 0 N–H and O–H groups in total. The van der Waals surface area contributed by atoms with E-state index in [2.05, 4.69) is 0 Å². The molecule has 0 radical (unpaired) electrons. The molecule has 1 aliphatic rings. The third-order valence-corrected chi connectivity index (χ3v) is 3.63. The summed E-state index contributed by atoms with van der Waals surface area (Å²) in [5, 5.41) is 0.339. The highest BCUT2D eigenvalue weighted by molar-refractivity contribution is 8.18. The maximum atomic E-state index is 11.8. The Bertz CT molecular complexity index is 513. The van der Waals surface area contributed by atoms with Gasteiger partial charge >= 0.3 is 0 Å². The largest absolute Gasteiger partial charge is 0.293 e. The molecule has 5 heteroatoms. The topological polar surface area (TPSA) is 37.4 Å². The number of halogens is 1. The predicted molar refractivity (Wildman–Crippen MR) is 69.8 cm³/mol. The van der Waals surface area contributed by atoms with Crippen LogP contribution in [0.3, 0.4) is 0 Å². The van der Waals surface area contributed by atoms with E-state index in [0.29, 0.717) is 16.5 Å². The van der Waals surface area contributed by atoms with Crippen LogP contribution in [0.4, 0.5) is 4.79 Å². The van der Waals surface area contributed by atoms with E-state index < -0.39 is 0 Å². The predicted octanol–water partition coefficient (Wildman–Crippen LogP) is 3.40. The Kier molecular flexibility index (Phi) is 3.54. The van der Waals surface area contributed by atoms with E-state index >= 15 is 0 Å². The minimum Gasteiger partial charge on any atom is -0.269 e. The average Bonchev–Trinajstić information content (AvgIpc) is 2.57. The molecule has 88 valence electrons. The first-order valence-electron chi connectivity index (χ1n) is 5.13. The lowest BCUT2D eigenvalue weighted by Gasteiger charge is -2.07. The van der Waals surface area contributed by atoms with Crippen molar-refractivity contribution in [2.24, 2.45) is 0 Å². The van der Waals surface area contributed by atoms with Crippen molar-refractivity contribution in [1.82, 2.24) is 4.90 Å². The van der Waals surface area contributed by atoms with E-state index in [0.717, 1.165) is 17.3 Å². The van der Waals surface area contributed by atoms with Gasteiger partial charge in [0.2, 0.25) is 0 Å². The lowest BCUT2D eigenvalue weighted by atomic mass is 10.2. The molecular weight excluding hydrogens is 258 g/mol. The number of nitrogens with zero attached hydrogens (tertiary/aromatic N) is 1. The first-order valence-corrected chi connectivity index (χ1v) is 6.33. The molecular formula is C12H10ClNO2S. The molecule has 2 rings (SSSR count). The van der Waals surface area contributed by atoms with Crippen LogP contribution in [0, 0.1) is 0 Å². The molecule has 1 aromatic carbocycles. The number of amides is 2. The zero-order valence-electron chi connectivity index (χ0n) is 9.14. The van der Waals surface area contributed by atoms with Gasteiger partial charge in [0.05, 0.1) is 4.91 Å². The second-order valence-electron chi connectivity index (χ2n) is 3.45. The molecule has 1 saturated heterocycles. The van der Waals surface area contributed by atoms with Gasteiger partial charge in [-0.05, 0) is 36.4 Å². The molecule has 1 aliphatic heterocycles. The fourth-order valence-electron chi connectivity index (χ4n) is 1.51. The summed E-state index contributed by atoms with van der Waals surface area (Å²) < 4.78 is 0. The highest BCUT2D eigenvalue weighted by Gasteiger charge is 2.33. The van der Waals surface area contributed by atoms with Crippen LogP contribution in [0.1, 0.15) is 12.5 Å². The third-order valence-electron chi connectivity index (χ3n) is 2.38. The van der Waals surface area contributed by atoms with Crippen molar-refractivity contribution in [2.45, 2.75) is 6.92 Å². The van der Waals surface area contributed by atoms with Crippen molar-refractivity contribution in [3.8, 4) is 0 Å². The average molecular weight is 268 g/mol. The maximum Gasteiger partial charge on any atom is 0.293 e. The number of benzene rings is 1. The third kappa shape index (κ3) is 2.37. The highest BCUT2D eigenvalue weighted by Crippen LogP contribution is 2.32. The zero-order chi connectivity index (χ0) is 12.4. The number of likely N-dealkylation sites (N-methyl/N-ethyl adjacent to an activating group) is 1. The van der Waals surface area contributed by atoms with E-state index in [4.69, 9.17) is 11.6 Å². The molecule has 0 bridgehead atoms. The van der Waals surface area contributed by atoms with Crippen LogP contribution in [0.15, 0.2) is 29.2 Å². The summed E-state index contributed by atoms with van der Waals surface area (Å²) in [7, 11) is 0. The molecule has 3 nitrogen and oxygen atoms in total. The maximum absolute atomic E-state index is 11.8. The minimum absolute atomic E-state index is 0.226. The number of carbonyl (C=O) groups is 2. The fourth-order valence-corrected chi connectivity index (χ4v) is 2.59. The number of carbonyl (C=O) groups excluding carboxylic acids is 2. The molecule has 0 spiro atoms. The molecule has 0 atom stereocenters. The van der Waals surface area contributed by atoms with Gasteiger partial charge < -0.3 is 0 Å². The van der Waals surface area contributed by atoms with Gasteiger partial charge in [-0.1, -0.05) is 29.8 Å². The zero-order valence-corrected chi connectivity index (χ0v) is 10.7. The lowest BCUT2D eigenvalue weighted by molar-refractivity contribution is -0.122. The summed E-state index contributed by atoms with van der Waals surface area (Å²) in [6.45, 7) is 2.17. The normalized spacial score (nSPS) is 18.2. The summed E-state index contributed by atoms with van der Waals surface area (Å²) in [5.41, 5.74) is 0.746. The first kappa shape index (κ1) is 12.2. The van der Waals surface area contributed by atoms with E-state index in [1.165, 1.54) is 4.90 Å². The van der Waals surface area contributed by atoms with Gasteiger partial charge in [0, 0.05) is 11.6 Å². The summed E-state index contributed by atoms with van der Waals surface area (Å²) >= 11 is 6.94. The van der Waals surface area contributed by atoms with Gasteiger partial charge in [0.15, 0.2) is 0 Å². The van der Waals surface area contributed by atoms with Gasteiger partial charge in [-0.3, -0.25) is 14.5 Å². The van der Waals surface area contributed by atoms with E-state index in [1.807, 2.05) is 18.2 Å². The summed E-state index contributed by atoms with van der Waals surface area (Å²) in [6, 6.07) is 7.21. The summed E-state index contributed by atoms with van der Waals surface area (Å²) in [5.74, 6) is -0.248. The molecule has 0 saturated carbocycles. The Morgan fingerprint density at radius 2 is 2.06 bits per heavy atom. The monoisotopic (exact) mass is 267 g/mol. The van der Waals surface area contributed by atoms with Crippen molar-refractivity contribution in [3.05, 3.63) is 39.8 Å². The molecule has 0 aliphatic carbocycles. The van der Waals surface area contributed by atoms with Gasteiger partial charge in [-0.25, -0.2) is 0 Å². The van der Waals surface area contributed by atoms with Gasteiger partial charge in [-0.15, -0.1) is 0 Å². The van der Waals surface area contributed by atoms with Crippen molar-refractivity contribution < 1.29 is 9.59 Å². The standard InChI is InChI=1S/C12H10ClNO2S/c1-2-14-11(15)10(17-12(14)16)7-8-5-3-4-6-9(8)13/h3-7H,2H2,1H3. The van der Waals surface area contributed by atoms with E-state index in [-0.39, 0.29) is 11.1 Å². The second-order valence-corrected chi connectivity index (χ2v) is 4.85. The van der Waals surface area contributed by atoms with Crippen LogP contribution in [-0.4, -0.2) is 22.6 Å². The van der Waals surface area contributed by atoms with E-state index in [9.17, 15) is 9.59 Å². The van der Waals surface area contributed by atoms with Gasteiger partial charge in [0.25, 0.3) is 11.1 Å². The SMILES string of the molecule is CCN1C(=O)SC(=Cc2ccccc2Cl)C1=O. The summed E-state index contributed by atoms with van der Waals surface area (Å²) in [6.07, 6.45) is 1.66. The van der Waals surface area contributed by atoms with Crippen molar-refractivity contribution in [3.63, 3.8) is 0 Å². The van der Waals surface area contributed by atoms with Crippen LogP contribution in [0.25, 0.3) is 6.08 Å². The van der Waals surface area contributed by atoms with Crippen LogP contribution in [-0.2, 0) is 4.79 Å². The molecule has 1 heterocycles. The van der Waals surface area contributed by atoms with Gasteiger partial charge in [0.1, 0.15) is 0 Å². The van der Waals surface area contributed by atoms with Crippen LogP contribution in [0.5, 0.6) is 0 Å². The first-order chi connectivity index (χ1) is 8.13. The van der Waals surface area contributed by atoms with Crippen molar-refractivity contribution in [1.29, 1.82) is 0 Å². The van der Waals surface area contributed by atoms with E-state index in [1.54, 1.807) is 19.1 Å². The highest BCUT2D eigenvalue weighted by atomic mass is 35.5. The van der Waals surface area contributed by atoms with Crippen LogP contribution < -0.4 is 0 Å². The Labute approximate surface area is 108 Å². The van der Waals surface area contributed by atoms with Crippen LogP contribution in [0.2, 0.25) is 5.02 Å². The number of hydrogen-bond acceptors (Lipinski definition) is 3. The van der Waals surface area contributed by atoms with Crippen LogP contribution >= 0.6 is 23.4 Å². The molecule has 0 aromatic heterocycles. The van der Waals surface area contributed by atoms with Crippen molar-refractivity contribution in [2.75, 3.05) is 6.54 Å². The Hall–Kier alpha value is -1.26. The Morgan fingerprint density at radius 1 is 1.35 bits per heavy atom. The Balaban J connectivity index is 2.34. The minimum atomic E-state index is -0.248. The second kappa shape index (κ2) is 4.94. The summed E-state index contributed by atoms with van der Waals surface area (Å²) in [4.78, 5) is 25.0. The number of thioether (sulfide) groups is 1. The van der Waals surface area contributed by atoms with Crippen molar-refractivity contribution >= 4 is 40.6 Å². The number of imide groups is 1. The molecule has 17 heavy (non-hydrogen) atoms. The smallest absolute Gasteiger partial charge is 0.269 e.